The molecule has 9 nitrogen and oxygen atoms in total. The van der Waals surface area contributed by atoms with Crippen LogP contribution in [-0.4, -0.2) is 66.3 Å². The van der Waals surface area contributed by atoms with Crippen molar-refractivity contribution in [3.05, 3.63) is 53.3 Å². The third-order valence-electron chi connectivity index (χ3n) is 7.21. The number of carboxylic acids is 1. The maximum atomic E-state index is 16.1. The average Bonchev–Trinajstić information content (AvgIpc) is 3.65. The fourth-order valence-corrected chi connectivity index (χ4v) is 6.51. The number of nitrogens with one attached hydrogen (secondary N) is 1. The number of carbonyl (C=O) groups is 2. The highest BCUT2D eigenvalue weighted by Crippen LogP contribution is 2.45. The van der Waals surface area contributed by atoms with Gasteiger partial charge in [0.25, 0.3) is 0 Å². The summed E-state index contributed by atoms with van der Waals surface area (Å²) < 4.78 is 98.6. The highest BCUT2D eigenvalue weighted by atomic mass is 32.2. The molecule has 0 bridgehead atoms. The quantitative estimate of drug-likeness (QED) is 0.341. The van der Waals surface area contributed by atoms with Gasteiger partial charge in [-0.05, 0) is 51.7 Å². The number of rotatable bonds is 10. The van der Waals surface area contributed by atoms with Crippen LogP contribution in [0.5, 0.6) is 5.75 Å². The lowest BCUT2D eigenvalue weighted by molar-refractivity contribution is -0.137. The predicted molar refractivity (Wildman–Crippen MR) is 148 cm³/mol. The fraction of sp³-hybridized carbons (Fsp3) is 0.517. The van der Waals surface area contributed by atoms with E-state index in [1.807, 2.05) is 0 Å². The number of hydrogen-bond donors (Lipinski definition) is 2. The Balaban J connectivity index is 1.72. The summed E-state index contributed by atoms with van der Waals surface area (Å²) in [6.45, 7) is 4.66. The molecule has 2 N–H and O–H groups in total. The van der Waals surface area contributed by atoms with Crippen molar-refractivity contribution >= 4 is 22.1 Å². The highest BCUT2D eigenvalue weighted by molar-refractivity contribution is 7.91. The molecule has 1 saturated heterocycles. The second-order valence-corrected chi connectivity index (χ2v) is 13.7. The number of hydrogen-bond acceptors (Lipinski definition) is 6. The second-order valence-electron chi connectivity index (χ2n) is 11.7. The first-order valence-corrected chi connectivity index (χ1v) is 15.3. The number of carbonyl (C=O) groups excluding carboxylic acids is 1. The van der Waals surface area contributed by atoms with Gasteiger partial charge in [-0.3, -0.25) is 4.79 Å². The van der Waals surface area contributed by atoms with Crippen LogP contribution in [0.2, 0.25) is 0 Å². The minimum Gasteiger partial charge on any atom is -0.489 e. The first-order chi connectivity index (χ1) is 20.0. The number of ether oxygens (including phenoxy) is 2. The summed E-state index contributed by atoms with van der Waals surface area (Å²) in [7, 11) is -4.42. The zero-order valence-electron chi connectivity index (χ0n) is 24.0. The zero-order valence-corrected chi connectivity index (χ0v) is 24.8. The topological polar surface area (TPSA) is 122 Å². The highest BCUT2D eigenvalue weighted by Gasteiger charge is 2.57. The molecule has 2 aromatic carbocycles. The van der Waals surface area contributed by atoms with Crippen LogP contribution in [-0.2, 0) is 26.0 Å². The molecule has 0 unspecified atom stereocenters. The summed E-state index contributed by atoms with van der Waals surface area (Å²) in [4.78, 5) is 25.4. The molecule has 0 aromatic heterocycles. The van der Waals surface area contributed by atoms with Crippen molar-refractivity contribution in [2.45, 2.75) is 82.0 Å². The minimum atomic E-state index is -4.42. The van der Waals surface area contributed by atoms with E-state index in [4.69, 9.17) is 14.6 Å². The molecule has 2 aliphatic rings. The number of carboxylic acid groups (broad SMARTS) is 1. The Morgan fingerprint density at radius 3 is 2.47 bits per heavy atom. The standard InChI is InChI=1S/C29H34F4N2O7S/c1-28(2,3)42-27(38)35-12-5-8-22(34-43(39,40)29(33)10-11-29)23(35)14-17-6-4-7-19(25(17)32)20-15-18(30)16-21(31)26(20)41-13-9-24(36)37/h4,6-7,15-16,22-23,34H,5,8-14H2,1-3H3,(H,36,37)/t22-,23-/m0/s1. The summed E-state index contributed by atoms with van der Waals surface area (Å²) in [5, 5.41) is 6.49. The molecule has 1 aliphatic carbocycles. The molecule has 14 heteroatoms. The van der Waals surface area contributed by atoms with E-state index in [0.29, 0.717) is 12.5 Å². The molecule has 43 heavy (non-hydrogen) atoms. The number of sulfonamides is 1. The smallest absolute Gasteiger partial charge is 0.410 e. The van der Waals surface area contributed by atoms with E-state index in [1.54, 1.807) is 20.8 Å². The number of alkyl halides is 1. The molecule has 0 radical (unpaired) electrons. The summed E-state index contributed by atoms with van der Waals surface area (Å²) in [6.07, 6.45) is -1.22. The van der Waals surface area contributed by atoms with Crippen LogP contribution in [0, 0.1) is 17.5 Å². The number of likely N-dealkylation sites (tertiary alicyclic amines) is 1. The van der Waals surface area contributed by atoms with E-state index in [9.17, 15) is 31.2 Å². The molecule has 2 fully saturated rings. The van der Waals surface area contributed by atoms with Gasteiger partial charge in [0.1, 0.15) is 17.2 Å². The first-order valence-electron chi connectivity index (χ1n) is 13.8. The van der Waals surface area contributed by atoms with Gasteiger partial charge in [-0.2, -0.15) is 0 Å². The normalized spacial score (nSPS) is 20.0. The largest absolute Gasteiger partial charge is 0.489 e. The molecule has 236 valence electrons. The Labute approximate surface area is 247 Å². The number of benzene rings is 2. The maximum absolute atomic E-state index is 16.1. The van der Waals surface area contributed by atoms with Gasteiger partial charge in [0.05, 0.1) is 19.1 Å². The number of nitrogens with zero attached hydrogens (tertiary/aromatic N) is 1. The maximum Gasteiger partial charge on any atom is 0.410 e. The molecular formula is C29H34F4N2O7S. The fourth-order valence-electron chi connectivity index (χ4n) is 4.98. The minimum absolute atomic E-state index is 0.0234. The van der Waals surface area contributed by atoms with Gasteiger partial charge in [0.2, 0.25) is 15.0 Å². The number of piperidine rings is 1. The lowest BCUT2D eigenvalue weighted by Gasteiger charge is -2.42. The summed E-state index contributed by atoms with van der Waals surface area (Å²) in [5.41, 5.74) is -1.49. The Kier molecular flexibility index (Phi) is 9.31. The van der Waals surface area contributed by atoms with Crippen LogP contribution in [0.4, 0.5) is 22.4 Å². The molecule has 2 atom stereocenters. The van der Waals surface area contributed by atoms with Crippen LogP contribution >= 0.6 is 0 Å². The van der Waals surface area contributed by atoms with Crippen molar-refractivity contribution in [2.75, 3.05) is 13.2 Å². The molecule has 2 aromatic rings. The van der Waals surface area contributed by atoms with Crippen LogP contribution in [0.1, 0.15) is 58.4 Å². The molecule has 4 rings (SSSR count). The molecule has 1 aliphatic heterocycles. The van der Waals surface area contributed by atoms with Crippen LogP contribution in [0.15, 0.2) is 30.3 Å². The number of aliphatic carboxylic acids is 1. The SMILES string of the molecule is CC(C)(C)OC(=O)N1CCC[C@H](NS(=O)(=O)C2(F)CC2)[C@@H]1Cc1cccc(-c2cc(F)cc(F)c2OCCC(=O)O)c1F. The average molecular weight is 631 g/mol. The van der Waals surface area contributed by atoms with E-state index in [2.05, 4.69) is 4.72 Å². The van der Waals surface area contributed by atoms with Crippen molar-refractivity contribution in [3.8, 4) is 16.9 Å². The third-order valence-corrected chi connectivity index (χ3v) is 9.19. The van der Waals surface area contributed by atoms with E-state index < -0.39 is 81.0 Å². The third kappa shape index (κ3) is 7.58. The zero-order chi connectivity index (χ0) is 31.7. The van der Waals surface area contributed by atoms with E-state index >= 15 is 4.39 Å². The van der Waals surface area contributed by atoms with Gasteiger partial charge in [-0.25, -0.2) is 35.5 Å². The van der Waals surface area contributed by atoms with Gasteiger partial charge in [-0.15, -0.1) is 0 Å². The van der Waals surface area contributed by atoms with E-state index in [1.165, 1.54) is 23.1 Å². The molecule has 1 saturated carbocycles. The Morgan fingerprint density at radius 2 is 1.84 bits per heavy atom. The van der Waals surface area contributed by atoms with Crippen LogP contribution in [0.3, 0.4) is 0 Å². The summed E-state index contributed by atoms with van der Waals surface area (Å²) >= 11 is 0. The monoisotopic (exact) mass is 630 g/mol. The molecule has 0 spiro atoms. The second kappa shape index (κ2) is 12.3. The van der Waals surface area contributed by atoms with Crippen LogP contribution < -0.4 is 9.46 Å². The van der Waals surface area contributed by atoms with Crippen molar-refractivity contribution in [3.63, 3.8) is 0 Å². The predicted octanol–water partition coefficient (Wildman–Crippen LogP) is 5.31. The van der Waals surface area contributed by atoms with Crippen LogP contribution in [0.25, 0.3) is 11.1 Å². The summed E-state index contributed by atoms with van der Waals surface area (Å²) in [6, 6.07) is 3.44. The Hall–Kier alpha value is -3.39. The summed E-state index contributed by atoms with van der Waals surface area (Å²) in [5.74, 6) is -4.87. The van der Waals surface area contributed by atoms with Crippen molar-refractivity contribution < 1.29 is 50.1 Å². The van der Waals surface area contributed by atoms with E-state index in [-0.39, 0.29) is 48.9 Å². The van der Waals surface area contributed by atoms with Crippen molar-refractivity contribution in [1.29, 1.82) is 0 Å². The van der Waals surface area contributed by atoms with Gasteiger partial charge in [-0.1, -0.05) is 18.2 Å². The number of halogens is 4. The molecular weight excluding hydrogens is 596 g/mol. The van der Waals surface area contributed by atoms with Gasteiger partial charge < -0.3 is 19.5 Å². The van der Waals surface area contributed by atoms with E-state index in [0.717, 1.165) is 6.07 Å². The lowest BCUT2D eigenvalue weighted by atomic mass is 9.90. The first kappa shape index (κ1) is 32.5. The number of amides is 1. The lowest BCUT2D eigenvalue weighted by Crippen LogP contribution is -2.59. The Morgan fingerprint density at radius 1 is 1.14 bits per heavy atom. The van der Waals surface area contributed by atoms with Crippen molar-refractivity contribution in [1.82, 2.24) is 9.62 Å². The van der Waals surface area contributed by atoms with Gasteiger partial charge in [0.15, 0.2) is 11.6 Å². The van der Waals surface area contributed by atoms with Crippen molar-refractivity contribution in [2.24, 2.45) is 0 Å². The Bertz CT molecular complexity index is 1490. The van der Waals surface area contributed by atoms with Gasteiger partial charge in [0, 0.05) is 42.6 Å². The van der Waals surface area contributed by atoms with Gasteiger partial charge >= 0.3 is 12.1 Å². The molecule has 1 heterocycles. The molecule has 1 amide bonds.